The minimum absolute atomic E-state index is 0.00352. The van der Waals surface area contributed by atoms with Crippen LogP contribution in [-0.2, 0) is 9.47 Å². The molecule has 0 aliphatic carbocycles. The smallest absolute Gasteiger partial charge is 0.181 e. The lowest BCUT2D eigenvalue weighted by Crippen LogP contribution is -2.45. The SMILES string of the molecule is CCOC1(C)OCCCC1Cl. The number of hydrogen-bond donors (Lipinski definition) is 0. The van der Waals surface area contributed by atoms with E-state index in [0.717, 1.165) is 19.4 Å². The molecular weight excluding hydrogens is 164 g/mol. The van der Waals surface area contributed by atoms with Gasteiger partial charge >= 0.3 is 0 Å². The molecule has 0 N–H and O–H groups in total. The molecule has 3 heteroatoms. The van der Waals surface area contributed by atoms with Crippen molar-refractivity contribution in [3.63, 3.8) is 0 Å². The van der Waals surface area contributed by atoms with Crippen LogP contribution in [-0.4, -0.2) is 24.4 Å². The molecule has 1 aliphatic rings. The number of hydrogen-bond acceptors (Lipinski definition) is 2. The predicted octanol–water partition coefficient (Wildman–Crippen LogP) is 2.16. The Morgan fingerprint density at radius 3 is 3.00 bits per heavy atom. The number of ether oxygens (including phenoxy) is 2. The van der Waals surface area contributed by atoms with Gasteiger partial charge in [0.05, 0.1) is 12.0 Å². The van der Waals surface area contributed by atoms with Gasteiger partial charge < -0.3 is 9.47 Å². The third kappa shape index (κ3) is 2.08. The summed E-state index contributed by atoms with van der Waals surface area (Å²) < 4.78 is 10.9. The summed E-state index contributed by atoms with van der Waals surface area (Å²) in [5, 5.41) is -0.00352. The van der Waals surface area contributed by atoms with E-state index in [0.29, 0.717) is 6.61 Å². The Labute approximate surface area is 72.8 Å². The highest BCUT2D eigenvalue weighted by molar-refractivity contribution is 6.21. The first-order valence-electron chi connectivity index (χ1n) is 4.11. The normalized spacial score (nSPS) is 39.0. The molecule has 1 heterocycles. The molecule has 0 saturated carbocycles. The van der Waals surface area contributed by atoms with Crippen molar-refractivity contribution < 1.29 is 9.47 Å². The van der Waals surface area contributed by atoms with Crippen LogP contribution >= 0.6 is 11.6 Å². The highest BCUT2D eigenvalue weighted by Gasteiger charge is 2.37. The molecule has 1 fully saturated rings. The molecule has 0 amide bonds. The molecule has 11 heavy (non-hydrogen) atoms. The Morgan fingerprint density at radius 2 is 2.45 bits per heavy atom. The molecule has 0 aromatic rings. The van der Waals surface area contributed by atoms with Crippen LogP contribution in [0.5, 0.6) is 0 Å². The molecule has 2 nitrogen and oxygen atoms in total. The zero-order valence-corrected chi connectivity index (χ0v) is 7.86. The number of halogens is 1. The van der Waals surface area contributed by atoms with Crippen LogP contribution < -0.4 is 0 Å². The van der Waals surface area contributed by atoms with E-state index in [-0.39, 0.29) is 5.38 Å². The highest BCUT2D eigenvalue weighted by Crippen LogP contribution is 2.30. The Hall–Kier alpha value is 0.210. The molecule has 0 aromatic carbocycles. The predicted molar refractivity (Wildman–Crippen MR) is 44.9 cm³/mol. The van der Waals surface area contributed by atoms with Gasteiger partial charge in [0.1, 0.15) is 0 Å². The zero-order chi connectivity index (χ0) is 8.32. The molecule has 1 rings (SSSR count). The van der Waals surface area contributed by atoms with E-state index in [2.05, 4.69) is 0 Å². The second-order valence-corrected chi connectivity index (χ2v) is 3.43. The average Bonchev–Trinajstić information content (AvgIpc) is 1.96. The first-order chi connectivity index (χ1) is 5.19. The summed E-state index contributed by atoms with van der Waals surface area (Å²) in [4.78, 5) is 0. The molecule has 1 saturated heterocycles. The van der Waals surface area contributed by atoms with Crippen LogP contribution in [0.15, 0.2) is 0 Å². The largest absolute Gasteiger partial charge is 0.349 e. The quantitative estimate of drug-likeness (QED) is 0.604. The maximum Gasteiger partial charge on any atom is 0.181 e. The van der Waals surface area contributed by atoms with Crippen molar-refractivity contribution in [3.8, 4) is 0 Å². The minimum atomic E-state index is -0.547. The van der Waals surface area contributed by atoms with E-state index in [1.54, 1.807) is 0 Å². The maximum absolute atomic E-state index is 6.05. The van der Waals surface area contributed by atoms with Crippen molar-refractivity contribution >= 4 is 11.6 Å². The Balaban J connectivity index is 2.49. The summed E-state index contributed by atoms with van der Waals surface area (Å²) in [7, 11) is 0. The van der Waals surface area contributed by atoms with Crippen molar-refractivity contribution in [1.82, 2.24) is 0 Å². The van der Waals surface area contributed by atoms with E-state index in [1.807, 2.05) is 13.8 Å². The first-order valence-corrected chi connectivity index (χ1v) is 4.54. The van der Waals surface area contributed by atoms with Gasteiger partial charge in [-0.05, 0) is 26.7 Å². The van der Waals surface area contributed by atoms with Gasteiger partial charge in [0.2, 0.25) is 0 Å². The molecule has 2 atom stereocenters. The van der Waals surface area contributed by atoms with E-state index in [9.17, 15) is 0 Å². The fourth-order valence-corrected chi connectivity index (χ4v) is 1.59. The Morgan fingerprint density at radius 1 is 1.73 bits per heavy atom. The average molecular weight is 179 g/mol. The fraction of sp³-hybridized carbons (Fsp3) is 1.00. The number of alkyl halides is 1. The van der Waals surface area contributed by atoms with Crippen LogP contribution in [0.4, 0.5) is 0 Å². The fourth-order valence-electron chi connectivity index (χ4n) is 1.31. The second-order valence-electron chi connectivity index (χ2n) is 2.91. The van der Waals surface area contributed by atoms with Gasteiger partial charge in [0, 0.05) is 6.61 Å². The van der Waals surface area contributed by atoms with Crippen molar-refractivity contribution in [2.75, 3.05) is 13.2 Å². The van der Waals surface area contributed by atoms with E-state index < -0.39 is 5.79 Å². The van der Waals surface area contributed by atoms with Crippen LogP contribution in [0.1, 0.15) is 26.7 Å². The van der Waals surface area contributed by atoms with Crippen LogP contribution in [0.25, 0.3) is 0 Å². The maximum atomic E-state index is 6.05. The first kappa shape index (κ1) is 9.30. The van der Waals surface area contributed by atoms with Gasteiger partial charge in [-0.25, -0.2) is 0 Å². The monoisotopic (exact) mass is 178 g/mol. The minimum Gasteiger partial charge on any atom is -0.349 e. The van der Waals surface area contributed by atoms with Gasteiger partial charge in [-0.15, -0.1) is 11.6 Å². The summed E-state index contributed by atoms with van der Waals surface area (Å²) >= 11 is 6.05. The summed E-state index contributed by atoms with van der Waals surface area (Å²) in [5.74, 6) is -0.547. The third-order valence-corrected chi connectivity index (χ3v) is 2.61. The van der Waals surface area contributed by atoms with E-state index >= 15 is 0 Å². The molecular formula is C8H15ClO2. The molecule has 1 aliphatic heterocycles. The number of rotatable bonds is 2. The van der Waals surface area contributed by atoms with Crippen LogP contribution in [0, 0.1) is 0 Å². The van der Waals surface area contributed by atoms with Gasteiger partial charge in [0.15, 0.2) is 5.79 Å². The van der Waals surface area contributed by atoms with Crippen LogP contribution in [0.2, 0.25) is 0 Å². The lowest BCUT2D eigenvalue weighted by molar-refractivity contribution is -0.238. The summed E-state index contributed by atoms with van der Waals surface area (Å²) in [6.07, 6.45) is 2.02. The summed E-state index contributed by atoms with van der Waals surface area (Å²) in [6.45, 7) is 5.28. The van der Waals surface area contributed by atoms with Gasteiger partial charge in [0.25, 0.3) is 0 Å². The van der Waals surface area contributed by atoms with E-state index in [1.165, 1.54) is 0 Å². The lowest BCUT2D eigenvalue weighted by Gasteiger charge is -2.37. The standard InChI is InChI=1S/C8H15ClO2/c1-3-10-8(2)7(9)5-4-6-11-8/h7H,3-6H2,1-2H3. The summed E-state index contributed by atoms with van der Waals surface area (Å²) in [5.41, 5.74) is 0. The zero-order valence-electron chi connectivity index (χ0n) is 7.10. The van der Waals surface area contributed by atoms with Crippen molar-refractivity contribution in [2.24, 2.45) is 0 Å². The second kappa shape index (κ2) is 3.74. The Kier molecular flexibility index (Phi) is 3.16. The molecule has 0 radical (unpaired) electrons. The van der Waals surface area contributed by atoms with Crippen molar-refractivity contribution in [3.05, 3.63) is 0 Å². The van der Waals surface area contributed by atoms with Crippen LogP contribution in [0.3, 0.4) is 0 Å². The topological polar surface area (TPSA) is 18.5 Å². The van der Waals surface area contributed by atoms with Gasteiger partial charge in [-0.3, -0.25) is 0 Å². The molecule has 0 spiro atoms. The molecule has 66 valence electrons. The molecule has 0 bridgehead atoms. The van der Waals surface area contributed by atoms with Crippen molar-refractivity contribution in [1.29, 1.82) is 0 Å². The third-order valence-electron chi connectivity index (χ3n) is 1.99. The van der Waals surface area contributed by atoms with Gasteiger partial charge in [-0.2, -0.15) is 0 Å². The molecule has 0 aromatic heterocycles. The lowest BCUT2D eigenvalue weighted by atomic mass is 10.1. The highest BCUT2D eigenvalue weighted by atomic mass is 35.5. The van der Waals surface area contributed by atoms with Gasteiger partial charge in [-0.1, -0.05) is 0 Å². The van der Waals surface area contributed by atoms with E-state index in [4.69, 9.17) is 21.1 Å². The summed E-state index contributed by atoms with van der Waals surface area (Å²) in [6, 6.07) is 0. The van der Waals surface area contributed by atoms with Crippen molar-refractivity contribution in [2.45, 2.75) is 37.9 Å². The molecule has 2 unspecified atom stereocenters. The Bertz CT molecular complexity index is 125.